The molecule has 0 spiro atoms. The topological polar surface area (TPSA) is 69.0 Å². The molecule has 0 fully saturated rings. The van der Waals surface area contributed by atoms with Gasteiger partial charge in [0.05, 0.1) is 10.8 Å². The SMILES string of the molecule is CCc1cccc(CC)c1NC(=O)CSc1nnc(COc2cc(C)ccc2Cl)n1CC. The summed E-state index contributed by atoms with van der Waals surface area (Å²) in [6, 6.07) is 11.8. The number of ether oxygens (including phenoxy) is 1. The summed E-state index contributed by atoms with van der Waals surface area (Å²) in [6.45, 7) is 9.12. The molecule has 0 aliphatic rings. The number of halogens is 1. The van der Waals surface area contributed by atoms with E-state index < -0.39 is 0 Å². The van der Waals surface area contributed by atoms with E-state index in [2.05, 4.69) is 41.5 Å². The lowest BCUT2D eigenvalue weighted by atomic mass is 10.0. The molecular formula is C24H29ClN4O2S. The minimum atomic E-state index is -0.0550. The molecule has 2 aromatic carbocycles. The van der Waals surface area contributed by atoms with Crippen molar-refractivity contribution in [3.63, 3.8) is 0 Å². The Balaban J connectivity index is 1.64. The van der Waals surface area contributed by atoms with Gasteiger partial charge < -0.3 is 14.6 Å². The molecule has 1 amide bonds. The molecule has 170 valence electrons. The Bertz CT molecular complexity index is 1060. The van der Waals surface area contributed by atoms with Crippen molar-refractivity contribution < 1.29 is 9.53 Å². The summed E-state index contributed by atoms with van der Waals surface area (Å²) >= 11 is 7.59. The number of para-hydroxylation sites is 1. The largest absolute Gasteiger partial charge is 0.484 e. The number of nitrogens with one attached hydrogen (secondary N) is 1. The van der Waals surface area contributed by atoms with Gasteiger partial charge in [0.15, 0.2) is 11.0 Å². The van der Waals surface area contributed by atoms with E-state index in [1.807, 2.05) is 42.7 Å². The standard InChI is InChI=1S/C24H29ClN4O2S/c1-5-17-9-8-10-18(6-2)23(17)26-22(30)15-32-24-28-27-21(29(24)7-3)14-31-20-13-16(4)11-12-19(20)25/h8-13H,5-7,14-15H2,1-4H3,(H,26,30). The van der Waals surface area contributed by atoms with Crippen molar-refractivity contribution in [2.75, 3.05) is 11.1 Å². The van der Waals surface area contributed by atoms with E-state index >= 15 is 0 Å². The highest BCUT2D eigenvalue weighted by Gasteiger charge is 2.16. The van der Waals surface area contributed by atoms with Gasteiger partial charge in [0, 0.05) is 12.2 Å². The molecule has 0 saturated carbocycles. The number of carbonyl (C=O) groups is 1. The molecule has 0 aliphatic carbocycles. The maximum atomic E-state index is 12.7. The van der Waals surface area contributed by atoms with Crippen LogP contribution in [-0.4, -0.2) is 26.4 Å². The van der Waals surface area contributed by atoms with Crippen LogP contribution >= 0.6 is 23.4 Å². The van der Waals surface area contributed by atoms with Crippen LogP contribution in [0.3, 0.4) is 0 Å². The summed E-state index contributed by atoms with van der Waals surface area (Å²) in [7, 11) is 0. The minimum Gasteiger partial charge on any atom is -0.484 e. The van der Waals surface area contributed by atoms with Gasteiger partial charge in [-0.1, -0.05) is 61.5 Å². The second kappa shape index (κ2) is 11.4. The Kier molecular flexibility index (Phi) is 8.59. The first kappa shape index (κ1) is 24.1. The van der Waals surface area contributed by atoms with Crippen LogP contribution in [0.2, 0.25) is 5.02 Å². The molecular weight excluding hydrogens is 444 g/mol. The Labute approximate surface area is 198 Å². The van der Waals surface area contributed by atoms with E-state index in [9.17, 15) is 4.79 Å². The molecule has 0 bridgehead atoms. The van der Waals surface area contributed by atoms with Gasteiger partial charge in [0.25, 0.3) is 0 Å². The number of anilines is 1. The number of nitrogens with zero attached hydrogens (tertiary/aromatic N) is 3. The van der Waals surface area contributed by atoms with Crippen molar-refractivity contribution in [2.45, 2.75) is 58.8 Å². The molecule has 0 atom stereocenters. The number of carbonyl (C=O) groups excluding carboxylic acids is 1. The van der Waals surface area contributed by atoms with Crippen molar-refractivity contribution in [1.82, 2.24) is 14.8 Å². The van der Waals surface area contributed by atoms with E-state index in [0.29, 0.717) is 28.3 Å². The molecule has 32 heavy (non-hydrogen) atoms. The van der Waals surface area contributed by atoms with Crippen LogP contribution in [0.1, 0.15) is 43.3 Å². The number of benzene rings is 2. The van der Waals surface area contributed by atoms with E-state index in [0.717, 1.165) is 35.2 Å². The molecule has 0 radical (unpaired) electrons. The lowest BCUT2D eigenvalue weighted by molar-refractivity contribution is -0.113. The fourth-order valence-electron chi connectivity index (χ4n) is 3.42. The second-order valence-corrected chi connectivity index (χ2v) is 8.71. The predicted octanol–water partition coefficient (Wildman–Crippen LogP) is 5.69. The van der Waals surface area contributed by atoms with Gasteiger partial charge in [-0.3, -0.25) is 4.79 Å². The quantitative estimate of drug-likeness (QED) is 0.383. The summed E-state index contributed by atoms with van der Waals surface area (Å²) < 4.78 is 7.83. The van der Waals surface area contributed by atoms with Crippen LogP contribution < -0.4 is 10.1 Å². The zero-order valence-corrected chi connectivity index (χ0v) is 20.5. The van der Waals surface area contributed by atoms with Gasteiger partial charge in [0.1, 0.15) is 12.4 Å². The summed E-state index contributed by atoms with van der Waals surface area (Å²) in [5.41, 5.74) is 4.30. The van der Waals surface area contributed by atoms with E-state index in [-0.39, 0.29) is 18.3 Å². The van der Waals surface area contributed by atoms with Crippen molar-refractivity contribution in [3.8, 4) is 5.75 Å². The Morgan fingerprint density at radius 3 is 2.50 bits per heavy atom. The van der Waals surface area contributed by atoms with Gasteiger partial charge in [0.2, 0.25) is 5.91 Å². The Hall–Kier alpha value is -2.51. The molecule has 1 aromatic heterocycles. The average molecular weight is 473 g/mol. The zero-order chi connectivity index (χ0) is 23.1. The van der Waals surface area contributed by atoms with E-state index in [1.54, 1.807) is 0 Å². The smallest absolute Gasteiger partial charge is 0.234 e. The molecule has 3 rings (SSSR count). The van der Waals surface area contributed by atoms with Crippen LogP contribution in [-0.2, 0) is 30.8 Å². The molecule has 8 heteroatoms. The third kappa shape index (κ3) is 5.84. The van der Waals surface area contributed by atoms with Crippen LogP contribution in [0.15, 0.2) is 41.6 Å². The first-order chi connectivity index (χ1) is 15.5. The van der Waals surface area contributed by atoms with Gasteiger partial charge >= 0.3 is 0 Å². The molecule has 1 N–H and O–H groups in total. The van der Waals surface area contributed by atoms with Crippen molar-refractivity contribution in [2.24, 2.45) is 0 Å². The van der Waals surface area contributed by atoms with E-state index in [4.69, 9.17) is 16.3 Å². The highest BCUT2D eigenvalue weighted by atomic mass is 35.5. The highest BCUT2D eigenvalue weighted by Crippen LogP contribution is 2.27. The van der Waals surface area contributed by atoms with Crippen molar-refractivity contribution in [1.29, 1.82) is 0 Å². The minimum absolute atomic E-state index is 0.0550. The average Bonchev–Trinajstić information content (AvgIpc) is 3.20. The third-order valence-corrected chi connectivity index (χ3v) is 6.43. The molecule has 0 unspecified atom stereocenters. The highest BCUT2D eigenvalue weighted by molar-refractivity contribution is 7.99. The first-order valence-electron chi connectivity index (χ1n) is 10.8. The van der Waals surface area contributed by atoms with Gasteiger partial charge in [-0.15, -0.1) is 10.2 Å². The number of rotatable bonds is 10. The first-order valence-corrected chi connectivity index (χ1v) is 12.2. The maximum Gasteiger partial charge on any atom is 0.234 e. The fourth-order valence-corrected chi connectivity index (χ4v) is 4.42. The maximum absolute atomic E-state index is 12.7. The molecule has 3 aromatic rings. The summed E-state index contributed by atoms with van der Waals surface area (Å²) in [5.74, 6) is 1.51. The van der Waals surface area contributed by atoms with E-state index in [1.165, 1.54) is 11.8 Å². The van der Waals surface area contributed by atoms with Crippen molar-refractivity contribution in [3.05, 3.63) is 63.9 Å². The second-order valence-electron chi connectivity index (χ2n) is 7.36. The lowest BCUT2D eigenvalue weighted by Gasteiger charge is -2.14. The number of amides is 1. The van der Waals surface area contributed by atoms with Gasteiger partial charge in [-0.25, -0.2) is 0 Å². The number of hydrogen-bond donors (Lipinski definition) is 1. The third-order valence-electron chi connectivity index (χ3n) is 5.15. The number of hydrogen-bond acceptors (Lipinski definition) is 5. The Morgan fingerprint density at radius 2 is 1.84 bits per heavy atom. The van der Waals surface area contributed by atoms with Crippen LogP contribution in [0.5, 0.6) is 5.75 Å². The van der Waals surface area contributed by atoms with Crippen LogP contribution in [0, 0.1) is 6.92 Å². The zero-order valence-electron chi connectivity index (χ0n) is 18.9. The fraction of sp³-hybridized carbons (Fsp3) is 0.375. The van der Waals surface area contributed by atoms with Crippen LogP contribution in [0.25, 0.3) is 0 Å². The molecule has 0 saturated heterocycles. The Morgan fingerprint density at radius 1 is 1.12 bits per heavy atom. The molecule has 0 aliphatic heterocycles. The van der Waals surface area contributed by atoms with Crippen LogP contribution in [0.4, 0.5) is 5.69 Å². The number of aryl methyl sites for hydroxylation is 3. The molecule has 1 heterocycles. The summed E-state index contributed by atoms with van der Waals surface area (Å²) in [5, 5.41) is 12.9. The normalized spacial score (nSPS) is 10.9. The van der Waals surface area contributed by atoms with Crippen molar-refractivity contribution >= 4 is 35.0 Å². The number of thioether (sulfide) groups is 1. The monoisotopic (exact) mass is 472 g/mol. The predicted molar refractivity (Wildman–Crippen MR) is 131 cm³/mol. The lowest BCUT2D eigenvalue weighted by Crippen LogP contribution is -2.17. The summed E-state index contributed by atoms with van der Waals surface area (Å²) in [6.07, 6.45) is 1.74. The van der Waals surface area contributed by atoms with Gasteiger partial charge in [-0.05, 0) is 55.5 Å². The van der Waals surface area contributed by atoms with Gasteiger partial charge in [-0.2, -0.15) is 0 Å². The molecule has 6 nitrogen and oxygen atoms in total. The number of aromatic nitrogens is 3. The summed E-state index contributed by atoms with van der Waals surface area (Å²) in [4.78, 5) is 12.7.